The second kappa shape index (κ2) is 9.46. The lowest BCUT2D eigenvalue weighted by atomic mass is 9.97. The molecule has 0 unspecified atom stereocenters. The van der Waals surface area contributed by atoms with Crippen molar-refractivity contribution in [1.82, 2.24) is 4.98 Å². The molecule has 0 bridgehead atoms. The van der Waals surface area contributed by atoms with Crippen LogP contribution in [0.25, 0.3) is 11.1 Å². The van der Waals surface area contributed by atoms with E-state index in [1.807, 2.05) is 13.1 Å². The third-order valence-electron chi connectivity index (χ3n) is 4.63. The predicted octanol–water partition coefficient (Wildman–Crippen LogP) is 6.03. The minimum Gasteiger partial charge on any atom is -0.374 e. The molecule has 3 rings (SSSR count). The van der Waals surface area contributed by atoms with E-state index >= 15 is 0 Å². The quantitative estimate of drug-likeness (QED) is 0.639. The normalized spacial score (nSPS) is 13.1. The van der Waals surface area contributed by atoms with E-state index in [-0.39, 0.29) is 0 Å². The van der Waals surface area contributed by atoms with Gasteiger partial charge >= 0.3 is 0 Å². The predicted molar refractivity (Wildman–Crippen MR) is 106 cm³/mol. The molecule has 2 heterocycles. The number of fused-ring (bicyclic) bond motifs is 1. The first-order valence-corrected chi connectivity index (χ1v) is 9.42. The van der Waals surface area contributed by atoms with Gasteiger partial charge in [-0.15, -0.1) is 0 Å². The SMILES string of the molecule is CCCCCC.Cc1ccc(-c2ccc3c(c2)CCCN3C)cn1. The van der Waals surface area contributed by atoms with Crippen LogP contribution in [0.3, 0.4) is 0 Å². The van der Waals surface area contributed by atoms with Crippen LogP contribution in [0.2, 0.25) is 0 Å². The average molecular weight is 325 g/mol. The number of pyridine rings is 1. The van der Waals surface area contributed by atoms with E-state index in [0.29, 0.717) is 0 Å². The van der Waals surface area contributed by atoms with Gasteiger partial charge in [0, 0.05) is 36.7 Å². The van der Waals surface area contributed by atoms with Gasteiger partial charge in [0.2, 0.25) is 0 Å². The van der Waals surface area contributed by atoms with E-state index < -0.39 is 0 Å². The molecule has 0 saturated heterocycles. The van der Waals surface area contributed by atoms with Crippen molar-refractivity contribution in [2.75, 3.05) is 18.5 Å². The summed E-state index contributed by atoms with van der Waals surface area (Å²) in [4.78, 5) is 6.72. The van der Waals surface area contributed by atoms with Crippen LogP contribution in [0.15, 0.2) is 36.5 Å². The fourth-order valence-electron chi connectivity index (χ4n) is 3.10. The summed E-state index contributed by atoms with van der Waals surface area (Å²) in [5.41, 5.74) is 6.39. The zero-order valence-corrected chi connectivity index (χ0v) is 15.8. The molecule has 0 spiro atoms. The van der Waals surface area contributed by atoms with Crippen LogP contribution in [0.5, 0.6) is 0 Å². The number of benzene rings is 1. The lowest BCUT2D eigenvalue weighted by molar-refractivity contribution is 0.702. The second-order valence-corrected chi connectivity index (χ2v) is 6.76. The van der Waals surface area contributed by atoms with Gasteiger partial charge < -0.3 is 4.90 Å². The van der Waals surface area contributed by atoms with Crippen molar-refractivity contribution in [1.29, 1.82) is 0 Å². The number of unbranched alkanes of at least 4 members (excludes halogenated alkanes) is 3. The standard InChI is InChI=1S/C16H18N2.C6H14/c1-12-5-6-15(11-17-12)13-7-8-16-14(10-13)4-3-9-18(16)2;1-3-5-6-4-2/h5-8,10-11H,3-4,9H2,1-2H3;3-6H2,1-2H3. The fraction of sp³-hybridized carbons (Fsp3) is 0.500. The summed E-state index contributed by atoms with van der Waals surface area (Å²) in [7, 11) is 2.17. The van der Waals surface area contributed by atoms with Gasteiger partial charge in [-0.25, -0.2) is 0 Å². The first-order valence-electron chi connectivity index (χ1n) is 9.42. The van der Waals surface area contributed by atoms with Crippen LogP contribution in [-0.2, 0) is 6.42 Å². The van der Waals surface area contributed by atoms with Gasteiger partial charge in [0.1, 0.15) is 0 Å². The fourth-order valence-corrected chi connectivity index (χ4v) is 3.10. The van der Waals surface area contributed by atoms with Crippen LogP contribution in [0, 0.1) is 6.92 Å². The Labute approximate surface area is 147 Å². The highest BCUT2D eigenvalue weighted by molar-refractivity contribution is 5.69. The van der Waals surface area contributed by atoms with Crippen LogP contribution in [0.1, 0.15) is 57.2 Å². The monoisotopic (exact) mass is 324 g/mol. The molecule has 1 aliphatic rings. The molecule has 2 heteroatoms. The van der Waals surface area contributed by atoms with Gasteiger partial charge in [0.25, 0.3) is 0 Å². The average Bonchev–Trinajstić information content (AvgIpc) is 2.61. The summed E-state index contributed by atoms with van der Waals surface area (Å²) in [5.74, 6) is 0. The van der Waals surface area contributed by atoms with Gasteiger partial charge in [-0.3, -0.25) is 4.98 Å². The van der Waals surface area contributed by atoms with Crippen molar-refractivity contribution in [3.63, 3.8) is 0 Å². The lowest BCUT2D eigenvalue weighted by Crippen LogP contribution is -2.24. The molecule has 2 nitrogen and oxygen atoms in total. The van der Waals surface area contributed by atoms with Gasteiger partial charge in [0.05, 0.1) is 0 Å². The summed E-state index contributed by atoms with van der Waals surface area (Å²) >= 11 is 0. The minimum atomic E-state index is 1.07. The third-order valence-corrected chi connectivity index (χ3v) is 4.63. The van der Waals surface area contributed by atoms with E-state index in [0.717, 1.165) is 5.69 Å². The molecule has 1 aliphatic heterocycles. The minimum absolute atomic E-state index is 1.07. The summed E-state index contributed by atoms with van der Waals surface area (Å²) in [6.07, 6.45) is 9.93. The van der Waals surface area contributed by atoms with Gasteiger partial charge in [-0.1, -0.05) is 51.7 Å². The van der Waals surface area contributed by atoms with Gasteiger partial charge in [0.15, 0.2) is 0 Å². The molecule has 0 amide bonds. The Hall–Kier alpha value is -1.83. The van der Waals surface area contributed by atoms with Crippen molar-refractivity contribution < 1.29 is 0 Å². The largest absolute Gasteiger partial charge is 0.374 e. The summed E-state index contributed by atoms with van der Waals surface area (Å²) in [6, 6.07) is 11.0. The smallest absolute Gasteiger partial charge is 0.0396 e. The lowest BCUT2D eigenvalue weighted by Gasteiger charge is -2.27. The molecule has 0 aliphatic carbocycles. The number of aryl methyl sites for hydroxylation is 2. The maximum atomic E-state index is 4.37. The maximum absolute atomic E-state index is 4.37. The van der Waals surface area contributed by atoms with Crippen molar-refractivity contribution >= 4 is 5.69 Å². The molecule has 0 N–H and O–H groups in total. The number of hydrogen-bond acceptors (Lipinski definition) is 2. The highest BCUT2D eigenvalue weighted by Crippen LogP contribution is 2.30. The highest BCUT2D eigenvalue weighted by atomic mass is 15.1. The van der Waals surface area contributed by atoms with E-state index in [1.54, 1.807) is 0 Å². The van der Waals surface area contributed by atoms with Crippen molar-refractivity contribution in [2.24, 2.45) is 0 Å². The Bertz CT molecular complexity index is 612. The Kier molecular flexibility index (Phi) is 7.30. The summed E-state index contributed by atoms with van der Waals surface area (Å²) in [5, 5.41) is 0. The topological polar surface area (TPSA) is 16.1 Å². The first kappa shape index (κ1) is 18.5. The molecule has 130 valence electrons. The number of rotatable bonds is 4. The van der Waals surface area contributed by atoms with E-state index in [4.69, 9.17) is 0 Å². The molecule has 24 heavy (non-hydrogen) atoms. The zero-order chi connectivity index (χ0) is 17.4. The van der Waals surface area contributed by atoms with Crippen LogP contribution < -0.4 is 4.90 Å². The Balaban J connectivity index is 0.000000301. The number of hydrogen-bond donors (Lipinski definition) is 0. The third kappa shape index (κ3) is 5.09. The molecule has 0 radical (unpaired) electrons. The van der Waals surface area contributed by atoms with Crippen LogP contribution in [-0.4, -0.2) is 18.6 Å². The van der Waals surface area contributed by atoms with Gasteiger partial charge in [-0.05, 0) is 49.1 Å². The van der Waals surface area contributed by atoms with E-state index in [9.17, 15) is 0 Å². The molecular weight excluding hydrogens is 292 g/mol. The molecule has 2 aromatic rings. The Morgan fingerprint density at radius 3 is 2.33 bits per heavy atom. The van der Waals surface area contributed by atoms with Crippen LogP contribution in [0.4, 0.5) is 5.69 Å². The van der Waals surface area contributed by atoms with Gasteiger partial charge in [-0.2, -0.15) is 0 Å². The second-order valence-electron chi connectivity index (χ2n) is 6.76. The molecular formula is C22H32N2. The molecule has 0 fully saturated rings. The number of aromatic nitrogens is 1. The Morgan fingerprint density at radius 2 is 1.71 bits per heavy atom. The molecule has 1 aromatic carbocycles. The first-order chi connectivity index (χ1) is 11.7. The zero-order valence-electron chi connectivity index (χ0n) is 15.8. The number of nitrogens with zero attached hydrogens (tertiary/aromatic N) is 2. The molecule has 1 aromatic heterocycles. The van der Waals surface area contributed by atoms with Crippen LogP contribution >= 0.6 is 0 Å². The summed E-state index contributed by atoms with van der Waals surface area (Å²) < 4.78 is 0. The van der Waals surface area contributed by atoms with Crippen molar-refractivity contribution in [3.05, 3.63) is 47.8 Å². The Morgan fingerprint density at radius 1 is 1.00 bits per heavy atom. The molecule has 0 saturated carbocycles. The molecule has 0 atom stereocenters. The maximum Gasteiger partial charge on any atom is 0.0396 e. The van der Waals surface area contributed by atoms with E-state index in [2.05, 4.69) is 61.1 Å². The van der Waals surface area contributed by atoms with Crippen molar-refractivity contribution in [2.45, 2.75) is 59.3 Å². The summed E-state index contributed by atoms with van der Waals surface area (Å²) in [6.45, 7) is 7.65. The highest BCUT2D eigenvalue weighted by Gasteiger charge is 2.13. The number of anilines is 1. The van der Waals surface area contributed by atoms with E-state index in [1.165, 1.54) is 67.4 Å². The van der Waals surface area contributed by atoms with Crippen molar-refractivity contribution in [3.8, 4) is 11.1 Å².